The highest BCUT2D eigenvalue weighted by Crippen LogP contribution is 2.25. The molecule has 0 radical (unpaired) electrons. The molecule has 0 saturated heterocycles. The fraction of sp³-hybridized carbons (Fsp3) is 0.467. The lowest BCUT2D eigenvalue weighted by molar-refractivity contribution is -0.148. The van der Waals surface area contributed by atoms with Crippen LogP contribution in [0.2, 0.25) is 0 Å². The smallest absolute Gasteiger partial charge is 0.327 e. The highest BCUT2D eigenvalue weighted by atomic mass is 16.5. The summed E-state index contributed by atoms with van der Waals surface area (Å²) in [4.78, 5) is 12.1. The predicted molar refractivity (Wildman–Crippen MR) is 76.3 cm³/mol. The molecular weight excluding hydrogens is 254 g/mol. The topological polar surface area (TPSA) is 56.2 Å². The Hall–Kier alpha value is -1.88. The van der Waals surface area contributed by atoms with E-state index in [1.165, 1.54) is 7.11 Å². The lowest BCUT2D eigenvalue weighted by Crippen LogP contribution is -2.54. The Kier molecular flexibility index (Phi) is 3.22. The monoisotopic (exact) mass is 273 g/mol. The summed E-state index contributed by atoms with van der Waals surface area (Å²) in [5.74, 6) is -0.246. The zero-order valence-corrected chi connectivity index (χ0v) is 11.8. The lowest BCUT2D eigenvalue weighted by Gasteiger charge is -2.28. The number of ether oxygens (including phenoxy) is 1. The van der Waals surface area contributed by atoms with Gasteiger partial charge in [0.05, 0.1) is 25.4 Å². The molecule has 1 saturated carbocycles. The van der Waals surface area contributed by atoms with Crippen LogP contribution >= 0.6 is 0 Å². The van der Waals surface area contributed by atoms with Crippen LogP contribution < -0.4 is 5.32 Å². The summed E-state index contributed by atoms with van der Waals surface area (Å²) < 4.78 is 6.83. The molecule has 1 aromatic heterocycles. The first-order valence-electron chi connectivity index (χ1n) is 6.89. The number of fused-ring (bicyclic) bond motifs is 1. The molecule has 1 aliphatic carbocycles. The van der Waals surface area contributed by atoms with E-state index in [-0.39, 0.29) is 5.97 Å². The molecule has 3 rings (SSSR count). The van der Waals surface area contributed by atoms with Gasteiger partial charge in [0.2, 0.25) is 0 Å². The van der Waals surface area contributed by atoms with Gasteiger partial charge < -0.3 is 4.74 Å². The number of carbonyl (C=O) groups excluding carboxylic acids is 1. The van der Waals surface area contributed by atoms with Gasteiger partial charge in [-0.05, 0) is 25.8 Å². The first kappa shape index (κ1) is 13.1. The summed E-state index contributed by atoms with van der Waals surface area (Å²) in [5.41, 5.74) is 0.283. The van der Waals surface area contributed by atoms with E-state index < -0.39 is 5.54 Å². The summed E-state index contributed by atoms with van der Waals surface area (Å²) >= 11 is 0. The zero-order valence-electron chi connectivity index (χ0n) is 11.8. The van der Waals surface area contributed by atoms with Crippen molar-refractivity contribution >= 4 is 16.9 Å². The standard InChI is InChI=1S/C15H19N3O2/c1-15(14(19)20-2,17-12-7-8-12)10-18-13-6-4-3-5-11(13)9-16-18/h3-6,9,12,17H,7-8,10H2,1-2H3. The Morgan fingerprint density at radius 3 is 2.95 bits per heavy atom. The van der Waals surface area contributed by atoms with Crippen LogP contribution in [0.1, 0.15) is 19.8 Å². The molecule has 1 N–H and O–H groups in total. The second kappa shape index (κ2) is 4.90. The maximum absolute atomic E-state index is 12.1. The van der Waals surface area contributed by atoms with Crippen molar-refractivity contribution < 1.29 is 9.53 Å². The SMILES string of the molecule is COC(=O)C(C)(Cn1ncc2ccccc21)NC1CC1. The molecule has 1 fully saturated rings. The lowest BCUT2D eigenvalue weighted by atomic mass is 10.0. The largest absolute Gasteiger partial charge is 0.468 e. The minimum atomic E-state index is -0.745. The van der Waals surface area contributed by atoms with Crippen molar-refractivity contribution in [2.45, 2.75) is 37.9 Å². The molecule has 1 aromatic carbocycles. The molecule has 0 amide bonds. The Labute approximate surface area is 117 Å². The number of aromatic nitrogens is 2. The van der Waals surface area contributed by atoms with Gasteiger partial charge in [-0.3, -0.25) is 10.00 Å². The molecule has 5 heteroatoms. The van der Waals surface area contributed by atoms with Gasteiger partial charge in [0.1, 0.15) is 5.54 Å². The normalized spacial score (nSPS) is 17.9. The zero-order chi connectivity index (χ0) is 14.2. The van der Waals surface area contributed by atoms with Gasteiger partial charge in [-0.25, -0.2) is 4.79 Å². The number of esters is 1. The van der Waals surface area contributed by atoms with Crippen molar-refractivity contribution in [2.24, 2.45) is 0 Å². The van der Waals surface area contributed by atoms with Gasteiger partial charge in [0.15, 0.2) is 0 Å². The van der Waals surface area contributed by atoms with Gasteiger partial charge in [-0.2, -0.15) is 5.10 Å². The third kappa shape index (κ3) is 2.41. The van der Waals surface area contributed by atoms with E-state index in [2.05, 4.69) is 10.4 Å². The Bertz CT molecular complexity index is 633. The van der Waals surface area contributed by atoms with E-state index >= 15 is 0 Å². The molecule has 0 spiro atoms. The maximum atomic E-state index is 12.1. The fourth-order valence-electron chi connectivity index (χ4n) is 2.52. The van der Waals surface area contributed by atoms with E-state index in [4.69, 9.17) is 4.74 Å². The third-order valence-electron chi connectivity index (χ3n) is 3.75. The number of hydrogen-bond acceptors (Lipinski definition) is 4. The molecular formula is C15H19N3O2. The molecule has 1 aliphatic rings. The molecule has 20 heavy (non-hydrogen) atoms. The van der Waals surface area contributed by atoms with E-state index in [9.17, 15) is 4.79 Å². The molecule has 0 bridgehead atoms. The second-order valence-electron chi connectivity index (χ2n) is 5.60. The van der Waals surface area contributed by atoms with Gasteiger partial charge in [-0.1, -0.05) is 18.2 Å². The number of nitrogens with zero attached hydrogens (tertiary/aromatic N) is 2. The summed E-state index contributed by atoms with van der Waals surface area (Å²) in [6, 6.07) is 8.40. The summed E-state index contributed by atoms with van der Waals surface area (Å²) in [6.45, 7) is 2.34. The van der Waals surface area contributed by atoms with E-state index in [1.807, 2.05) is 42.1 Å². The van der Waals surface area contributed by atoms with Gasteiger partial charge in [-0.15, -0.1) is 0 Å². The number of rotatable bonds is 5. The maximum Gasteiger partial charge on any atom is 0.327 e. The number of benzene rings is 1. The number of para-hydroxylation sites is 1. The molecule has 0 aliphatic heterocycles. The average Bonchev–Trinajstić information content (AvgIpc) is 3.18. The average molecular weight is 273 g/mol. The van der Waals surface area contributed by atoms with Crippen LogP contribution in [0, 0.1) is 0 Å². The van der Waals surface area contributed by atoms with E-state index in [0.717, 1.165) is 23.7 Å². The second-order valence-corrected chi connectivity index (χ2v) is 5.60. The fourth-order valence-corrected chi connectivity index (χ4v) is 2.52. The van der Waals surface area contributed by atoms with Crippen LogP contribution in [-0.2, 0) is 16.1 Å². The predicted octanol–water partition coefficient (Wildman–Crippen LogP) is 1.72. The van der Waals surface area contributed by atoms with Crippen LogP contribution in [0.4, 0.5) is 0 Å². The van der Waals surface area contributed by atoms with E-state index in [0.29, 0.717) is 12.6 Å². The minimum Gasteiger partial charge on any atom is -0.468 e. The summed E-state index contributed by atoms with van der Waals surface area (Å²) in [5, 5.41) is 8.85. The third-order valence-corrected chi connectivity index (χ3v) is 3.75. The number of carbonyl (C=O) groups is 1. The van der Waals surface area contributed by atoms with Crippen LogP contribution in [0.15, 0.2) is 30.5 Å². The highest BCUT2D eigenvalue weighted by molar-refractivity contribution is 5.81. The number of hydrogen-bond donors (Lipinski definition) is 1. The molecule has 5 nitrogen and oxygen atoms in total. The molecule has 106 valence electrons. The first-order chi connectivity index (χ1) is 9.62. The van der Waals surface area contributed by atoms with Crippen LogP contribution in [0.3, 0.4) is 0 Å². The van der Waals surface area contributed by atoms with Crippen LogP contribution in [0.5, 0.6) is 0 Å². The summed E-state index contributed by atoms with van der Waals surface area (Å²) in [7, 11) is 1.43. The Morgan fingerprint density at radius 1 is 1.50 bits per heavy atom. The van der Waals surface area contributed by atoms with Gasteiger partial charge in [0.25, 0.3) is 0 Å². The van der Waals surface area contributed by atoms with Gasteiger partial charge >= 0.3 is 5.97 Å². The number of nitrogens with one attached hydrogen (secondary N) is 1. The summed E-state index contributed by atoms with van der Waals surface area (Å²) in [6.07, 6.45) is 4.06. The molecule has 2 aromatic rings. The quantitative estimate of drug-likeness (QED) is 0.843. The van der Waals surface area contributed by atoms with Crippen LogP contribution in [-0.4, -0.2) is 34.4 Å². The molecule has 1 heterocycles. The molecule has 1 atom stereocenters. The Morgan fingerprint density at radius 2 is 2.25 bits per heavy atom. The van der Waals surface area contributed by atoms with Crippen molar-refractivity contribution in [2.75, 3.05) is 7.11 Å². The first-order valence-corrected chi connectivity index (χ1v) is 6.89. The van der Waals surface area contributed by atoms with Crippen molar-refractivity contribution in [1.82, 2.24) is 15.1 Å². The van der Waals surface area contributed by atoms with Crippen LogP contribution in [0.25, 0.3) is 10.9 Å². The van der Waals surface area contributed by atoms with E-state index in [1.54, 1.807) is 0 Å². The van der Waals surface area contributed by atoms with Crippen molar-refractivity contribution in [3.05, 3.63) is 30.5 Å². The van der Waals surface area contributed by atoms with Crippen molar-refractivity contribution in [3.63, 3.8) is 0 Å². The van der Waals surface area contributed by atoms with Crippen molar-refractivity contribution in [1.29, 1.82) is 0 Å². The van der Waals surface area contributed by atoms with Gasteiger partial charge in [0, 0.05) is 11.4 Å². The van der Waals surface area contributed by atoms with Crippen molar-refractivity contribution in [3.8, 4) is 0 Å². The minimum absolute atomic E-state index is 0.246. The highest BCUT2D eigenvalue weighted by Gasteiger charge is 2.40. The molecule has 1 unspecified atom stereocenters. The Balaban J connectivity index is 1.90. The number of methoxy groups -OCH3 is 1.